The molecular formula is C47H30N4S3. The summed E-state index contributed by atoms with van der Waals surface area (Å²) in [5, 5.41) is 7.27. The molecule has 54 heavy (non-hydrogen) atoms. The third-order valence-corrected chi connectivity index (χ3v) is 12.9. The zero-order valence-corrected chi connectivity index (χ0v) is 31.3. The summed E-state index contributed by atoms with van der Waals surface area (Å²) in [6.45, 7) is 0. The number of benzene rings is 6. The van der Waals surface area contributed by atoms with Crippen LogP contribution in [-0.4, -0.2) is 15.0 Å². The monoisotopic (exact) mass is 746 g/mol. The van der Waals surface area contributed by atoms with Gasteiger partial charge in [0.1, 0.15) is 0 Å². The quantitative estimate of drug-likeness (QED) is 0.155. The van der Waals surface area contributed by atoms with Crippen LogP contribution in [0.4, 0.5) is 17.1 Å². The Bertz CT molecular complexity index is 2770. The molecule has 10 aromatic rings. The molecule has 0 atom stereocenters. The molecule has 0 spiro atoms. The van der Waals surface area contributed by atoms with Crippen molar-refractivity contribution < 1.29 is 0 Å². The van der Waals surface area contributed by atoms with Crippen molar-refractivity contribution in [1.29, 1.82) is 0 Å². The van der Waals surface area contributed by atoms with Crippen LogP contribution >= 0.6 is 34.0 Å². The van der Waals surface area contributed by atoms with E-state index in [1.54, 1.807) is 0 Å². The lowest BCUT2D eigenvalue weighted by Crippen LogP contribution is -2.09. The number of nitrogens with zero attached hydrogens (tertiary/aromatic N) is 4. The molecule has 0 N–H and O–H groups in total. The van der Waals surface area contributed by atoms with Crippen molar-refractivity contribution in [2.75, 3.05) is 4.90 Å². The number of rotatable bonds is 8. The summed E-state index contributed by atoms with van der Waals surface area (Å²) in [7, 11) is 0. The van der Waals surface area contributed by atoms with Crippen molar-refractivity contribution in [3.8, 4) is 56.4 Å². The maximum absolute atomic E-state index is 5.01. The fourth-order valence-corrected chi connectivity index (χ4v) is 10.7. The second-order valence-corrected chi connectivity index (χ2v) is 16.2. The Kier molecular flexibility index (Phi) is 8.37. The summed E-state index contributed by atoms with van der Waals surface area (Å²) in [5.41, 5.74) is 11.1. The largest absolute Gasteiger partial charge is 0.311 e. The van der Waals surface area contributed by atoms with E-state index in [2.05, 4.69) is 125 Å². The first-order valence-electron chi connectivity index (χ1n) is 17.7. The number of anilines is 3. The molecule has 4 aromatic heterocycles. The third-order valence-electron chi connectivity index (χ3n) is 9.55. The second kappa shape index (κ2) is 14.0. The van der Waals surface area contributed by atoms with Crippen LogP contribution in [0.5, 0.6) is 0 Å². The van der Waals surface area contributed by atoms with Gasteiger partial charge in [-0.25, -0.2) is 15.0 Å². The van der Waals surface area contributed by atoms with Crippen molar-refractivity contribution in [3.63, 3.8) is 0 Å². The van der Waals surface area contributed by atoms with Crippen LogP contribution in [0.1, 0.15) is 0 Å². The van der Waals surface area contributed by atoms with Crippen molar-refractivity contribution in [2.24, 2.45) is 0 Å². The molecule has 0 radical (unpaired) electrons. The summed E-state index contributed by atoms with van der Waals surface area (Å²) in [6.07, 6.45) is 0. The van der Waals surface area contributed by atoms with Gasteiger partial charge in [-0.3, -0.25) is 0 Å². The minimum atomic E-state index is 0.655. The summed E-state index contributed by atoms with van der Waals surface area (Å²) in [5.74, 6) is 1.97. The van der Waals surface area contributed by atoms with E-state index < -0.39 is 0 Å². The zero-order chi connectivity index (χ0) is 35.8. The minimum Gasteiger partial charge on any atom is -0.311 e. The summed E-state index contributed by atoms with van der Waals surface area (Å²) in [6, 6.07) is 59.0. The molecule has 0 aliphatic heterocycles. The topological polar surface area (TPSA) is 41.9 Å². The highest BCUT2D eigenvalue weighted by atomic mass is 32.2. The lowest BCUT2D eigenvalue weighted by Gasteiger charge is -2.25. The predicted octanol–water partition coefficient (Wildman–Crippen LogP) is 14.2. The standard InChI is InChI=1S/C47H30N4S3/c1-5-14-32(15-6-1)43-48-44(33-16-7-2-8-17-33)50-45(49-43)35-19-13-18-34(28-35)40-30-53-47-42(40)41-39(29-52-46(41)54-47)31-24-26-38(27-25-31)51(36-20-9-3-10-21-36)37-22-11-4-12-23-37/h1-30H. The minimum absolute atomic E-state index is 0.655. The number of fused-ring (bicyclic) bond motifs is 3. The maximum atomic E-state index is 5.01. The Morgan fingerprint density at radius 1 is 0.352 bits per heavy atom. The molecule has 6 aromatic carbocycles. The molecule has 0 amide bonds. The Labute approximate surface area is 325 Å². The SMILES string of the molecule is c1ccc(-c2nc(-c3ccccc3)nc(-c3cccc(-c4csc5sc6scc(-c7ccc(N(c8ccccc8)c8ccccc8)cc7)c6c45)c3)n2)cc1. The first kappa shape index (κ1) is 32.4. The van der Waals surface area contributed by atoms with E-state index in [9.17, 15) is 0 Å². The number of thiophene rings is 3. The Balaban J connectivity index is 1.05. The predicted molar refractivity (Wildman–Crippen MR) is 230 cm³/mol. The normalized spacial score (nSPS) is 11.3. The molecular weight excluding hydrogens is 717 g/mol. The summed E-state index contributed by atoms with van der Waals surface area (Å²) >= 11 is 5.55. The van der Waals surface area contributed by atoms with E-state index in [1.807, 2.05) is 94.7 Å². The van der Waals surface area contributed by atoms with E-state index in [1.165, 1.54) is 35.5 Å². The molecule has 0 bridgehead atoms. The van der Waals surface area contributed by atoms with Crippen LogP contribution in [0.2, 0.25) is 0 Å². The number of para-hydroxylation sites is 2. The molecule has 0 saturated heterocycles. The van der Waals surface area contributed by atoms with Crippen molar-refractivity contribution >= 4 is 69.9 Å². The molecule has 10 rings (SSSR count). The van der Waals surface area contributed by atoms with Gasteiger partial charge in [-0.15, -0.1) is 34.0 Å². The van der Waals surface area contributed by atoms with Gasteiger partial charge >= 0.3 is 0 Å². The molecule has 256 valence electrons. The Morgan fingerprint density at radius 3 is 1.28 bits per heavy atom. The smallest absolute Gasteiger partial charge is 0.164 e. The van der Waals surface area contributed by atoms with Gasteiger partial charge in [-0.2, -0.15) is 0 Å². The van der Waals surface area contributed by atoms with E-state index in [0.29, 0.717) is 17.5 Å². The average Bonchev–Trinajstić information content (AvgIpc) is 3.95. The summed E-state index contributed by atoms with van der Waals surface area (Å²) in [4.78, 5) is 17.2. The van der Waals surface area contributed by atoms with Gasteiger partial charge in [0.25, 0.3) is 0 Å². The molecule has 0 saturated carbocycles. The van der Waals surface area contributed by atoms with Crippen molar-refractivity contribution in [1.82, 2.24) is 15.0 Å². The molecule has 4 nitrogen and oxygen atoms in total. The fraction of sp³-hybridized carbons (Fsp3) is 0. The van der Waals surface area contributed by atoms with Crippen LogP contribution in [0.15, 0.2) is 181 Å². The second-order valence-electron chi connectivity index (χ2n) is 12.9. The van der Waals surface area contributed by atoms with Crippen LogP contribution in [0, 0.1) is 0 Å². The van der Waals surface area contributed by atoms with Gasteiger partial charge in [-0.1, -0.05) is 127 Å². The highest BCUT2D eigenvalue weighted by molar-refractivity contribution is 7.48. The van der Waals surface area contributed by atoms with E-state index in [0.717, 1.165) is 39.3 Å². The highest BCUT2D eigenvalue weighted by Crippen LogP contribution is 2.50. The van der Waals surface area contributed by atoms with Gasteiger partial charge in [0.15, 0.2) is 17.5 Å². The van der Waals surface area contributed by atoms with Gasteiger partial charge < -0.3 is 4.90 Å². The molecule has 0 aliphatic carbocycles. The van der Waals surface area contributed by atoms with Crippen LogP contribution in [-0.2, 0) is 0 Å². The maximum Gasteiger partial charge on any atom is 0.164 e. The van der Waals surface area contributed by atoms with E-state index >= 15 is 0 Å². The van der Waals surface area contributed by atoms with Crippen LogP contribution < -0.4 is 4.90 Å². The zero-order valence-electron chi connectivity index (χ0n) is 28.8. The highest BCUT2D eigenvalue weighted by Gasteiger charge is 2.20. The summed E-state index contributed by atoms with van der Waals surface area (Å²) < 4.78 is 2.69. The number of hydrogen-bond donors (Lipinski definition) is 0. The Morgan fingerprint density at radius 2 is 0.759 bits per heavy atom. The van der Waals surface area contributed by atoms with Gasteiger partial charge in [0.2, 0.25) is 0 Å². The number of hydrogen-bond acceptors (Lipinski definition) is 7. The van der Waals surface area contributed by atoms with Crippen LogP contribution in [0.25, 0.3) is 75.2 Å². The molecule has 0 aliphatic rings. The Hall–Kier alpha value is -6.25. The molecule has 4 heterocycles. The lowest BCUT2D eigenvalue weighted by atomic mass is 9.99. The van der Waals surface area contributed by atoms with Gasteiger partial charge in [-0.05, 0) is 53.6 Å². The first-order valence-corrected chi connectivity index (χ1v) is 20.2. The number of aromatic nitrogens is 3. The van der Waals surface area contributed by atoms with Crippen molar-refractivity contribution in [3.05, 3.63) is 181 Å². The molecule has 0 fully saturated rings. The fourth-order valence-electron chi connectivity index (χ4n) is 6.97. The molecule has 7 heteroatoms. The van der Waals surface area contributed by atoms with Crippen molar-refractivity contribution in [2.45, 2.75) is 0 Å². The molecule has 0 unspecified atom stereocenters. The average molecular weight is 747 g/mol. The van der Waals surface area contributed by atoms with Gasteiger partial charge in [0, 0.05) is 66.4 Å². The third kappa shape index (κ3) is 5.98. The van der Waals surface area contributed by atoms with Crippen LogP contribution in [0.3, 0.4) is 0 Å². The van der Waals surface area contributed by atoms with E-state index in [-0.39, 0.29) is 0 Å². The first-order chi connectivity index (χ1) is 26.8. The van der Waals surface area contributed by atoms with Gasteiger partial charge in [0.05, 0.1) is 8.03 Å². The lowest BCUT2D eigenvalue weighted by molar-refractivity contribution is 1.07. The van der Waals surface area contributed by atoms with E-state index in [4.69, 9.17) is 15.0 Å².